The van der Waals surface area contributed by atoms with Crippen molar-refractivity contribution >= 4 is 85.2 Å². The van der Waals surface area contributed by atoms with Gasteiger partial charge in [0.05, 0.1) is 10.2 Å². The van der Waals surface area contributed by atoms with Crippen LogP contribution < -0.4 is 11.1 Å². The van der Waals surface area contributed by atoms with Gasteiger partial charge in [0.25, 0.3) is 11.8 Å². The molecule has 2 amide bonds. The minimum absolute atomic E-state index is 0.0348. The molecular weight excluding hydrogens is 535 g/mol. The highest BCUT2D eigenvalue weighted by molar-refractivity contribution is 8.07. The molecule has 1 saturated heterocycles. The molecule has 0 aliphatic carbocycles. The van der Waals surface area contributed by atoms with E-state index >= 15 is 0 Å². The summed E-state index contributed by atoms with van der Waals surface area (Å²) < 4.78 is 5.62. The predicted octanol–water partition coefficient (Wildman–Crippen LogP) is 1.57. The highest BCUT2D eigenvalue weighted by atomic mass is 32.2. The van der Waals surface area contributed by atoms with Crippen molar-refractivity contribution < 1.29 is 24.3 Å². The standard InChI is InChI=1S/C19H15N7O5S4/c1-31-24-10(13-23-18(20)35-25-13)14(27)22-11-15(28)26-12(17(29)30)9(6-32-16(11)26)34-19-21-7-4-2-3-5-8(7)33-19/h2-5,11,16H,6H2,1H3,(H,22,27)(H,29,30)(H2,20,23,25)/b24-10-/t11?,16-/m1/s1. The number of nitrogens with two attached hydrogens (primary N) is 1. The quantitative estimate of drug-likeness (QED) is 0.222. The second-order valence-electron chi connectivity index (χ2n) is 7.07. The zero-order valence-electron chi connectivity index (χ0n) is 17.7. The van der Waals surface area contributed by atoms with E-state index in [-0.39, 0.29) is 22.4 Å². The SMILES string of the molecule is CO/N=C(\C(=O)NC1C(=O)N2C(C(=O)O)=C(Sc3nc4ccccc4s3)CS[C@H]12)c1nsc(N)n1. The molecule has 4 heterocycles. The number of aliphatic carboxylic acids is 1. The van der Waals surface area contributed by atoms with Crippen molar-refractivity contribution in [3.63, 3.8) is 0 Å². The first-order valence-electron chi connectivity index (χ1n) is 9.83. The molecule has 5 rings (SSSR count). The normalized spacial score (nSPS) is 20.0. The minimum Gasteiger partial charge on any atom is -0.477 e. The van der Waals surface area contributed by atoms with Crippen molar-refractivity contribution in [2.24, 2.45) is 5.16 Å². The number of carboxylic acids is 1. The third kappa shape index (κ3) is 4.33. The molecule has 1 fully saturated rings. The van der Waals surface area contributed by atoms with Crippen molar-refractivity contribution in [1.82, 2.24) is 24.6 Å². The number of carbonyl (C=O) groups is 3. The van der Waals surface area contributed by atoms with Crippen LogP contribution >= 0.6 is 46.4 Å². The lowest BCUT2D eigenvalue weighted by atomic mass is 10.0. The first-order chi connectivity index (χ1) is 16.9. The van der Waals surface area contributed by atoms with Crippen LogP contribution in [0.2, 0.25) is 0 Å². The number of thiazole rings is 1. The lowest BCUT2D eigenvalue weighted by molar-refractivity contribution is -0.150. The van der Waals surface area contributed by atoms with E-state index < -0.39 is 29.2 Å². The predicted molar refractivity (Wildman–Crippen MR) is 133 cm³/mol. The van der Waals surface area contributed by atoms with Crippen LogP contribution in [0.1, 0.15) is 5.82 Å². The number of benzene rings is 1. The Balaban J connectivity index is 1.36. The molecule has 35 heavy (non-hydrogen) atoms. The molecular formula is C19H15N7O5S4. The van der Waals surface area contributed by atoms with Crippen LogP contribution in [0.15, 0.2) is 44.4 Å². The number of thioether (sulfide) groups is 2. The molecule has 3 aromatic rings. The third-order valence-electron chi connectivity index (χ3n) is 4.96. The third-order valence-corrected chi connectivity index (χ3v) is 9.14. The molecule has 12 nitrogen and oxygen atoms in total. The summed E-state index contributed by atoms with van der Waals surface area (Å²) in [7, 11) is 1.25. The molecule has 2 atom stereocenters. The summed E-state index contributed by atoms with van der Waals surface area (Å²) in [4.78, 5) is 52.8. The van der Waals surface area contributed by atoms with Crippen LogP contribution in [0.25, 0.3) is 10.2 Å². The van der Waals surface area contributed by atoms with E-state index in [0.29, 0.717) is 15.0 Å². The topological polar surface area (TPSA) is 173 Å². The summed E-state index contributed by atoms with van der Waals surface area (Å²) in [6, 6.07) is 6.67. The molecule has 0 bridgehead atoms. The van der Waals surface area contributed by atoms with Gasteiger partial charge in [-0.3, -0.25) is 14.5 Å². The lowest BCUT2D eigenvalue weighted by Gasteiger charge is -2.49. The summed E-state index contributed by atoms with van der Waals surface area (Å²) in [5, 5.41) is 15.7. The molecule has 2 aliphatic rings. The van der Waals surface area contributed by atoms with Crippen LogP contribution in [-0.4, -0.2) is 72.1 Å². The van der Waals surface area contributed by atoms with Gasteiger partial charge in [-0.2, -0.15) is 9.36 Å². The van der Waals surface area contributed by atoms with E-state index in [1.807, 2.05) is 24.3 Å². The summed E-state index contributed by atoms with van der Waals surface area (Å²) in [6.07, 6.45) is 0. The second-order valence-corrected chi connectivity index (χ2v) is 11.3. The van der Waals surface area contributed by atoms with E-state index in [0.717, 1.165) is 21.7 Å². The number of aromatic nitrogens is 3. The number of hydrogen-bond acceptors (Lipinski definition) is 13. The average Bonchev–Trinajstić information content (AvgIpc) is 3.45. The minimum atomic E-state index is -1.22. The fourth-order valence-electron chi connectivity index (χ4n) is 3.49. The molecule has 2 aliphatic heterocycles. The van der Waals surface area contributed by atoms with Crippen LogP contribution in [0.4, 0.5) is 5.13 Å². The first kappa shape index (κ1) is 23.5. The number of β-lactam (4-membered cyclic amide) rings is 1. The van der Waals surface area contributed by atoms with Crippen molar-refractivity contribution in [3.05, 3.63) is 40.7 Å². The van der Waals surface area contributed by atoms with Crippen LogP contribution in [0.3, 0.4) is 0 Å². The molecule has 4 N–H and O–H groups in total. The number of hydrogen-bond donors (Lipinski definition) is 3. The number of nitrogens with one attached hydrogen (secondary N) is 1. The summed E-state index contributed by atoms with van der Waals surface area (Å²) in [5.74, 6) is -2.20. The van der Waals surface area contributed by atoms with E-state index in [1.165, 1.54) is 46.9 Å². The zero-order valence-corrected chi connectivity index (χ0v) is 21.0. The Morgan fingerprint density at radius 1 is 1.34 bits per heavy atom. The largest absolute Gasteiger partial charge is 0.477 e. The summed E-state index contributed by atoms with van der Waals surface area (Å²) >= 11 is 4.92. The van der Waals surface area contributed by atoms with Crippen molar-refractivity contribution in [1.29, 1.82) is 0 Å². The highest BCUT2D eigenvalue weighted by Crippen LogP contribution is 2.46. The van der Waals surface area contributed by atoms with E-state index in [2.05, 4.69) is 24.8 Å². The fourth-order valence-corrected chi connectivity index (χ4v) is 7.63. The molecule has 2 aromatic heterocycles. The number of fused-ring (bicyclic) bond motifs is 2. The molecule has 180 valence electrons. The van der Waals surface area contributed by atoms with Gasteiger partial charge in [-0.15, -0.1) is 23.1 Å². The molecule has 0 saturated carbocycles. The first-order valence-corrected chi connectivity index (χ1v) is 13.3. The molecule has 1 aromatic carbocycles. The number of anilines is 1. The average molecular weight is 550 g/mol. The number of carbonyl (C=O) groups excluding carboxylic acids is 2. The van der Waals surface area contributed by atoms with E-state index in [4.69, 9.17) is 10.6 Å². The maximum absolute atomic E-state index is 13.0. The number of oxime groups is 1. The molecule has 16 heteroatoms. The Hall–Kier alpha value is -3.21. The smallest absolute Gasteiger partial charge is 0.353 e. The van der Waals surface area contributed by atoms with Gasteiger partial charge in [0.1, 0.15) is 24.2 Å². The molecule has 0 radical (unpaired) electrons. The van der Waals surface area contributed by atoms with Gasteiger partial charge >= 0.3 is 5.97 Å². The summed E-state index contributed by atoms with van der Waals surface area (Å²) in [6.45, 7) is 0. The Bertz CT molecular complexity index is 1380. The molecule has 0 spiro atoms. The van der Waals surface area contributed by atoms with Crippen LogP contribution in [0.5, 0.6) is 0 Å². The Kier molecular flexibility index (Phi) is 6.35. The Morgan fingerprint density at radius 2 is 2.14 bits per heavy atom. The summed E-state index contributed by atoms with van der Waals surface area (Å²) in [5.41, 5.74) is 6.06. The number of para-hydroxylation sites is 1. The fraction of sp³-hybridized carbons (Fsp3) is 0.211. The van der Waals surface area contributed by atoms with Gasteiger partial charge in [0.2, 0.25) is 11.5 Å². The number of rotatable bonds is 7. The van der Waals surface area contributed by atoms with E-state index in [9.17, 15) is 19.5 Å². The van der Waals surface area contributed by atoms with Gasteiger partial charge in [-0.05, 0) is 12.1 Å². The van der Waals surface area contributed by atoms with Gasteiger partial charge in [0.15, 0.2) is 9.47 Å². The van der Waals surface area contributed by atoms with Gasteiger partial charge in [-0.1, -0.05) is 29.1 Å². The Labute approximate surface area is 213 Å². The second kappa shape index (κ2) is 9.44. The number of carboxylic acid groups (broad SMARTS) is 1. The van der Waals surface area contributed by atoms with Crippen LogP contribution in [0, 0.1) is 0 Å². The van der Waals surface area contributed by atoms with E-state index in [1.54, 1.807) is 0 Å². The number of amides is 2. The Morgan fingerprint density at radius 3 is 2.83 bits per heavy atom. The van der Waals surface area contributed by atoms with Gasteiger partial charge < -0.3 is 21.0 Å². The van der Waals surface area contributed by atoms with Crippen LogP contribution in [-0.2, 0) is 19.2 Å². The number of nitrogen functional groups attached to an aromatic ring is 1. The van der Waals surface area contributed by atoms with Gasteiger partial charge in [0, 0.05) is 22.2 Å². The zero-order chi connectivity index (χ0) is 24.7. The maximum atomic E-state index is 13.0. The molecule has 1 unspecified atom stereocenters. The highest BCUT2D eigenvalue weighted by Gasteiger charge is 2.54. The van der Waals surface area contributed by atoms with Gasteiger partial charge in [-0.25, -0.2) is 9.78 Å². The maximum Gasteiger partial charge on any atom is 0.353 e. The lowest BCUT2D eigenvalue weighted by Crippen LogP contribution is -2.71. The van der Waals surface area contributed by atoms with Crippen molar-refractivity contribution in [2.45, 2.75) is 15.8 Å². The van der Waals surface area contributed by atoms with Crippen molar-refractivity contribution in [3.8, 4) is 0 Å². The van der Waals surface area contributed by atoms with Crippen molar-refractivity contribution in [2.75, 3.05) is 18.6 Å². The number of nitrogens with zero attached hydrogens (tertiary/aromatic N) is 5. The monoisotopic (exact) mass is 549 g/mol.